The largest absolute Gasteiger partial charge is 0.472 e. The van der Waals surface area contributed by atoms with Gasteiger partial charge < -0.3 is 33.8 Å². The number of allylic oxidation sites excluding steroid dienone is 2. The molecule has 0 aliphatic carbocycles. The topological polar surface area (TPSA) is 237 Å². The number of hydrogen-bond acceptors (Lipinski definition) is 15. The highest BCUT2D eigenvalue weighted by molar-refractivity contribution is 7.47. The molecule has 0 fully saturated rings. The summed E-state index contributed by atoms with van der Waals surface area (Å²) in [5.41, 5.74) is 0. The van der Waals surface area contributed by atoms with Gasteiger partial charge in [-0.3, -0.25) is 37.3 Å². The average Bonchev–Trinajstić information content (AvgIpc) is 1.22. The van der Waals surface area contributed by atoms with Crippen LogP contribution in [0.25, 0.3) is 0 Å². The molecular weight excluding hydrogens is 1230 g/mol. The van der Waals surface area contributed by atoms with Crippen LogP contribution in [0.2, 0.25) is 0 Å². The van der Waals surface area contributed by atoms with Crippen molar-refractivity contribution in [2.45, 2.75) is 406 Å². The lowest BCUT2D eigenvalue weighted by Crippen LogP contribution is -2.30. The zero-order valence-corrected chi connectivity index (χ0v) is 62.5. The highest BCUT2D eigenvalue weighted by Crippen LogP contribution is 2.45. The molecule has 5 unspecified atom stereocenters. The van der Waals surface area contributed by atoms with Crippen LogP contribution in [0.5, 0.6) is 0 Å². The molecule has 0 radical (unpaired) electrons. The van der Waals surface area contributed by atoms with Gasteiger partial charge in [-0.05, 0) is 51.4 Å². The molecule has 0 rings (SSSR count). The second-order valence-electron chi connectivity index (χ2n) is 26.7. The molecule has 0 bridgehead atoms. The maximum absolute atomic E-state index is 13.1. The number of rotatable bonds is 75. The lowest BCUT2D eigenvalue weighted by molar-refractivity contribution is -0.161. The molecule has 0 aliphatic rings. The van der Waals surface area contributed by atoms with E-state index in [-0.39, 0.29) is 25.7 Å². The van der Waals surface area contributed by atoms with Crippen LogP contribution < -0.4 is 0 Å². The Morgan fingerprint density at radius 2 is 0.489 bits per heavy atom. The second kappa shape index (κ2) is 69.3. The van der Waals surface area contributed by atoms with Crippen LogP contribution in [-0.2, 0) is 65.4 Å². The Morgan fingerprint density at radius 3 is 0.745 bits per heavy atom. The van der Waals surface area contributed by atoms with Crippen molar-refractivity contribution in [2.24, 2.45) is 0 Å². The summed E-state index contributed by atoms with van der Waals surface area (Å²) >= 11 is 0. The van der Waals surface area contributed by atoms with Crippen molar-refractivity contribution in [3.63, 3.8) is 0 Å². The number of ether oxygens (including phenoxy) is 4. The van der Waals surface area contributed by atoms with Gasteiger partial charge in [-0.25, -0.2) is 9.13 Å². The SMILES string of the molecule is CCCCCC/C=C\CCCCCCCC(=O)OC(COC(=O)CCCCCCCCCCCCCCCCC)COP(=O)(O)OCC(O)COP(=O)(O)OCC(COC(=O)CCCCCCCCCCCCCCCCC)OC(=O)CCCCCCCCCCCCC. The Kier molecular flexibility index (Phi) is 67.7. The summed E-state index contributed by atoms with van der Waals surface area (Å²) in [5.74, 6) is -2.13. The highest BCUT2D eigenvalue weighted by atomic mass is 31.2. The first-order valence-corrected chi connectivity index (χ1v) is 41.9. The van der Waals surface area contributed by atoms with Crippen molar-refractivity contribution < 1.29 is 80.2 Å². The van der Waals surface area contributed by atoms with E-state index in [2.05, 4.69) is 39.8 Å². The molecule has 3 N–H and O–H groups in total. The van der Waals surface area contributed by atoms with Gasteiger partial charge in [0.1, 0.15) is 19.3 Å². The van der Waals surface area contributed by atoms with Crippen LogP contribution in [0, 0.1) is 0 Å². The second-order valence-corrected chi connectivity index (χ2v) is 29.6. The zero-order valence-electron chi connectivity index (χ0n) is 60.7. The smallest absolute Gasteiger partial charge is 0.462 e. The van der Waals surface area contributed by atoms with Gasteiger partial charge in [0.25, 0.3) is 0 Å². The normalized spacial score (nSPS) is 14.0. The third-order valence-electron chi connectivity index (χ3n) is 17.3. The van der Waals surface area contributed by atoms with Gasteiger partial charge in [-0.1, -0.05) is 322 Å². The number of phosphoric acid groups is 2. The van der Waals surface area contributed by atoms with E-state index in [0.717, 1.165) is 103 Å². The van der Waals surface area contributed by atoms with Crippen molar-refractivity contribution in [1.29, 1.82) is 0 Å². The number of unbranched alkanes of at least 4 members (excludes halogenated alkanes) is 47. The molecule has 0 aromatic carbocycles. The summed E-state index contributed by atoms with van der Waals surface area (Å²) < 4.78 is 68.5. The minimum Gasteiger partial charge on any atom is -0.462 e. The summed E-state index contributed by atoms with van der Waals surface area (Å²) in [5, 5.41) is 10.6. The fourth-order valence-electron chi connectivity index (χ4n) is 11.3. The van der Waals surface area contributed by atoms with E-state index >= 15 is 0 Å². The summed E-state index contributed by atoms with van der Waals surface area (Å²) in [4.78, 5) is 72.8. The van der Waals surface area contributed by atoms with Gasteiger partial charge >= 0.3 is 39.5 Å². The molecule has 0 spiro atoms. The quantitative estimate of drug-likeness (QED) is 0.0169. The first-order valence-electron chi connectivity index (χ1n) is 38.9. The molecule has 0 heterocycles. The number of carbonyl (C=O) groups excluding carboxylic acids is 4. The van der Waals surface area contributed by atoms with Gasteiger partial charge in [-0.2, -0.15) is 0 Å². The Balaban J connectivity index is 5.25. The molecule has 0 saturated heterocycles. The lowest BCUT2D eigenvalue weighted by Gasteiger charge is -2.21. The number of aliphatic hydroxyl groups excluding tert-OH is 1. The molecule has 0 amide bonds. The third kappa shape index (κ3) is 68.3. The Morgan fingerprint density at radius 1 is 0.287 bits per heavy atom. The maximum Gasteiger partial charge on any atom is 0.472 e. The first-order chi connectivity index (χ1) is 45.7. The summed E-state index contributed by atoms with van der Waals surface area (Å²) in [6.07, 6.45) is 60.5. The number of phosphoric ester groups is 2. The van der Waals surface area contributed by atoms with Gasteiger partial charge in [0.05, 0.1) is 26.4 Å². The van der Waals surface area contributed by atoms with Crippen molar-refractivity contribution >= 4 is 39.5 Å². The molecule has 17 nitrogen and oxygen atoms in total. The Hall–Kier alpha value is -2.20. The summed E-state index contributed by atoms with van der Waals surface area (Å²) in [6, 6.07) is 0. The van der Waals surface area contributed by atoms with E-state index in [9.17, 15) is 43.2 Å². The van der Waals surface area contributed by atoms with Crippen LogP contribution in [0.3, 0.4) is 0 Å². The van der Waals surface area contributed by atoms with Gasteiger partial charge in [-0.15, -0.1) is 0 Å². The molecular formula is C75H144O17P2. The molecule has 0 saturated carbocycles. The minimum absolute atomic E-state index is 0.0947. The lowest BCUT2D eigenvalue weighted by atomic mass is 10.0. The molecule has 0 aliphatic heterocycles. The van der Waals surface area contributed by atoms with Gasteiger partial charge in [0, 0.05) is 25.7 Å². The summed E-state index contributed by atoms with van der Waals surface area (Å²) in [7, 11) is -9.91. The van der Waals surface area contributed by atoms with Crippen LogP contribution in [0.4, 0.5) is 0 Å². The fourth-order valence-corrected chi connectivity index (χ4v) is 12.9. The number of esters is 4. The van der Waals surface area contributed by atoms with E-state index in [1.165, 1.54) is 205 Å². The first kappa shape index (κ1) is 91.8. The predicted molar refractivity (Wildman–Crippen MR) is 382 cm³/mol. The van der Waals surface area contributed by atoms with E-state index in [1.807, 2.05) is 0 Å². The third-order valence-corrected chi connectivity index (χ3v) is 19.2. The van der Waals surface area contributed by atoms with Crippen LogP contribution in [0.15, 0.2) is 12.2 Å². The molecule has 94 heavy (non-hydrogen) atoms. The molecule has 0 aromatic rings. The standard InChI is InChI=1S/C75H144O17P2/c1-5-9-13-17-21-25-29-32-34-37-40-43-47-51-55-59-72(77)85-65-70(91-74(79)61-57-53-49-45-39-28-24-20-16-12-8-4)67-89-93(81,82)87-63-69(76)64-88-94(83,84)90-68-71(92-75(80)62-58-54-50-46-42-36-31-27-23-19-15-11-7-3)66-86-73(78)60-56-52-48-44-41-38-35-33-30-26-22-18-14-10-6-2/h27,31,69-71,76H,5-26,28-30,32-68H2,1-4H3,(H,81,82)(H,83,84)/b31-27-. The van der Waals surface area contributed by atoms with E-state index in [0.29, 0.717) is 25.7 Å². The van der Waals surface area contributed by atoms with Crippen LogP contribution >= 0.6 is 15.6 Å². The predicted octanol–water partition coefficient (Wildman–Crippen LogP) is 22.0. The van der Waals surface area contributed by atoms with Crippen LogP contribution in [0.1, 0.15) is 387 Å². The maximum atomic E-state index is 13.1. The number of hydrogen-bond donors (Lipinski definition) is 3. The molecule has 19 heteroatoms. The molecule has 556 valence electrons. The fraction of sp³-hybridized carbons (Fsp3) is 0.920. The summed E-state index contributed by atoms with van der Waals surface area (Å²) in [6.45, 7) is 4.95. The monoisotopic (exact) mass is 1380 g/mol. The van der Waals surface area contributed by atoms with Crippen molar-refractivity contribution in [1.82, 2.24) is 0 Å². The molecule has 0 aromatic heterocycles. The highest BCUT2D eigenvalue weighted by Gasteiger charge is 2.30. The Labute approximate surface area is 574 Å². The average molecular weight is 1380 g/mol. The van der Waals surface area contributed by atoms with E-state index in [1.54, 1.807) is 0 Å². The van der Waals surface area contributed by atoms with E-state index in [4.69, 9.17) is 37.0 Å². The number of aliphatic hydroxyl groups is 1. The van der Waals surface area contributed by atoms with Gasteiger partial charge in [0.15, 0.2) is 12.2 Å². The number of carbonyl (C=O) groups is 4. The van der Waals surface area contributed by atoms with Crippen molar-refractivity contribution in [3.8, 4) is 0 Å². The van der Waals surface area contributed by atoms with Gasteiger partial charge in [0.2, 0.25) is 0 Å². The Bertz CT molecular complexity index is 1840. The van der Waals surface area contributed by atoms with Crippen molar-refractivity contribution in [2.75, 3.05) is 39.6 Å². The minimum atomic E-state index is -4.96. The zero-order chi connectivity index (χ0) is 69.0. The van der Waals surface area contributed by atoms with E-state index < -0.39 is 97.5 Å². The van der Waals surface area contributed by atoms with Crippen LogP contribution in [-0.4, -0.2) is 96.7 Å². The molecule has 5 atom stereocenters. The van der Waals surface area contributed by atoms with Crippen molar-refractivity contribution in [3.05, 3.63) is 12.2 Å².